The molecule has 2 unspecified atom stereocenters. The van der Waals surface area contributed by atoms with Crippen LogP contribution in [0.1, 0.15) is 52.7 Å². The molecule has 3 N–H and O–H groups in total. The second-order valence-electron chi connectivity index (χ2n) is 7.46. The Bertz CT molecular complexity index is 614. The fraction of sp³-hybridized carbons (Fsp3) is 0.600. The van der Waals surface area contributed by atoms with Gasteiger partial charge in [0.05, 0.1) is 0 Å². The summed E-state index contributed by atoms with van der Waals surface area (Å²) in [5.74, 6) is 0.184. The van der Waals surface area contributed by atoms with E-state index in [0.717, 1.165) is 11.8 Å². The Balaban J connectivity index is 3.38. The highest BCUT2D eigenvalue weighted by molar-refractivity contribution is 7.99. The summed E-state index contributed by atoms with van der Waals surface area (Å²) in [4.78, 5) is 18.4. The quantitative estimate of drug-likeness (QED) is 0.351. The fourth-order valence-corrected chi connectivity index (χ4v) is 3.97. The summed E-state index contributed by atoms with van der Waals surface area (Å²) in [6.45, 7) is 11.7. The van der Waals surface area contributed by atoms with E-state index in [1.807, 2.05) is 41.5 Å². The summed E-state index contributed by atoms with van der Waals surface area (Å²) >= 11 is 0.871. The van der Waals surface area contributed by atoms with Crippen molar-refractivity contribution in [1.82, 2.24) is 0 Å². The van der Waals surface area contributed by atoms with Gasteiger partial charge in [-0.25, -0.2) is 0 Å². The van der Waals surface area contributed by atoms with Crippen LogP contribution in [0.25, 0.3) is 0 Å². The van der Waals surface area contributed by atoms with Gasteiger partial charge in [-0.1, -0.05) is 62.4 Å². The smallest absolute Gasteiger partial charge is 0.507 e. The maximum Gasteiger partial charge on any atom is 0.698 e. The third-order valence-electron chi connectivity index (χ3n) is 3.28. The molecule has 140 valence electrons. The van der Waals surface area contributed by atoms with Crippen LogP contribution in [0.3, 0.4) is 0 Å². The van der Waals surface area contributed by atoms with E-state index in [9.17, 15) is 14.2 Å². The molecule has 0 spiro atoms. The molecule has 0 amide bonds. The third-order valence-corrected chi connectivity index (χ3v) is 5.21. The van der Waals surface area contributed by atoms with E-state index in [1.54, 1.807) is 12.1 Å². The molecule has 0 aliphatic rings. The van der Waals surface area contributed by atoms with E-state index in [4.69, 9.17) is 9.79 Å². The number of phenolic OH excluding ortho intramolecular Hbond substituents is 1. The van der Waals surface area contributed by atoms with Crippen molar-refractivity contribution >= 4 is 28.3 Å². The molecule has 1 aromatic carbocycles. The molecule has 10 heteroatoms. The zero-order chi connectivity index (χ0) is 19.6. The van der Waals surface area contributed by atoms with Crippen LogP contribution >= 0.6 is 28.3 Å². The molecule has 1 rings (SSSR count). The van der Waals surface area contributed by atoms with Crippen LogP contribution < -0.4 is 0 Å². The van der Waals surface area contributed by atoms with Crippen molar-refractivity contribution in [3.8, 4) is 5.75 Å². The Kier molecular flexibility index (Phi) is 7.54. The van der Waals surface area contributed by atoms with E-state index in [-0.39, 0.29) is 16.6 Å². The third kappa shape index (κ3) is 6.91. The summed E-state index contributed by atoms with van der Waals surface area (Å²) in [7, 11) is -6.04. The van der Waals surface area contributed by atoms with Gasteiger partial charge in [0.1, 0.15) is 5.75 Å². The van der Waals surface area contributed by atoms with Gasteiger partial charge in [-0.2, -0.15) is 0 Å². The summed E-state index contributed by atoms with van der Waals surface area (Å²) in [5, 5.41) is 10.7. The monoisotopic (exact) mass is 410 g/mol. The van der Waals surface area contributed by atoms with Crippen LogP contribution in [-0.4, -0.2) is 20.5 Å². The van der Waals surface area contributed by atoms with Gasteiger partial charge in [-0.15, -0.1) is 9.79 Å². The molecule has 0 saturated heterocycles. The number of hydrogen-bond donors (Lipinski definition) is 3. The molecule has 0 aliphatic carbocycles. The molecular formula is C15H24O7P2S+2. The summed E-state index contributed by atoms with van der Waals surface area (Å²) in [6, 6.07) is 3.42. The van der Waals surface area contributed by atoms with Gasteiger partial charge in [0.15, 0.2) is 0 Å². The Morgan fingerprint density at radius 1 is 0.920 bits per heavy atom. The summed E-state index contributed by atoms with van der Waals surface area (Å²) in [5.41, 5.74) is -0.789. The highest BCUT2D eigenvalue weighted by atomic mass is 32.2. The average molecular weight is 410 g/mol. The van der Waals surface area contributed by atoms with Gasteiger partial charge < -0.3 is 5.11 Å². The molecule has 1 aromatic rings. The lowest BCUT2D eigenvalue weighted by atomic mass is 9.79. The van der Waals surface area contributed by atoms with Crippen molar-refractivity contribution < 1.29 is 33.1 Å². The number of phenols is 1. The first kappa shape index (κ1) is 22.5. The lowest BCUT2D eigenvalue weighted by Crippen LogP contribution is -2.17. The van der Waals surface area contributed by atoms with Crippen molar-refractivity contribution in [2.75, 3.05) is 0 Å². The van der Waals surface area contributed by atoms with Crippen LogP contribution in [-0.2, 0) is 29.0 Å². The lowest BCUT2D eigenvalue weighted by Gasteiger charge is -2.28. The van der Waals surface area contributed by atoms with Gasteiger partial charge in [-0.3, -0.25) is 0 Å². The van der Waals surface area contributed by atoms with Gasteiger partial charge >= 0.3 is 22.1 Å². The highest BCUT2D eigenvalue weighted by Gasteiger charge is 2.35. The zero-order valence-corrected chi connectivity index (χ0v) is 17.6. The topological polar surface area (TPSA) is 113 Å². The first-order chi connectivity index (χ1) is 11.2. The first-order valence-electron chi connectivity index (χ1n) is 7.42. The number of thioether (sulfide) groups is 1. The van der Waals surface area contributed by atoms with Crippen molar-refractivity contribution in [2.24, 2.45) is 0 Å². The molecule has 0 fully saturated rings. The molecular weight excluding hydrogens is 386 g/mol. The summed E-state index contributed by atoms with van der Waals surface area (Å²) in [6.07, 6.45) is 0. The van der Waals surface area contributed by atoms with Gasteiger partial charge in [0, 0.05) is 25.2 Å². The van der Waals surface area contributed by atoms with Crippen LogP contribution in [0.15, 0.2) is 17.0 Å². The lowest BCUT2D eigenvalue weighted by molar-refractivity contribution is 0.0777. The average Bonchev–Trinajstić information content (AvgIpc) is 2.36. The van der Waals surface area contributed by atoms with Crippen molar-refractivity contribution in [1.29, 1.82) is 0 Å². The van der Waals surface area contributed by atoms with E-state index in [0.29, 0.717) is 16.0 Å². The molecule has 7 nitrogen and oxygen atoms in total. The van der Waals surface area contributed by atoms with Gasteiger partial charge in [0.25, 0.3) is 0 Å². The molecule has 2 atom stereocenters. The molecule has 25 heavy (non-hydrogen) atoms. The minimum atomic E-state index is -3.02. The predicted molar refractivity (Wildman–Crippen MR) is 97.0 cm³/mol. The molecule has 0 saturated carbocycles. The van der Waals surface area contributed by atoms with Gasteiger partial charge in [0.2, 0.25) is 0 Å². The van der Waals surface area contributed by atoms with E-state index in [1.165, 1.54) is 0 Å². The predicted octanol–water partition coefficient (Wildman–Crippen LogP) is 4.70. The van der Waals surface area contributed by atoms with E-state index in [2.05, 4.69) is 9.05 Å². The first-order valence-corrected chi connectivity index (χ1v) is 10.6. The molecule has 0 heterocycles. The standard InChI is InChI=1S/C15H22O7P2S/c1-14(2,3)10-7-9(8-11(12(10)16)15(4,5)6)25-13(21-23(17)18)22-24(19)20/h7-8,13H,1-6H3,(H-2,16,17,18,19,20)/p+2. The Hall–Kier alpha value is -0.590. The number of rotatable bonds is 6. The molecule has 0 radical (unpaired) electrons. The zero-order valence-electron chi connectivity index (χ0n) is 15.0. The largest absolute Gasteiger partial charge is 0.698 e. The van der Waals surface area contributed by atoms with Crippen LogP contribution in [0.2, 0.25) is 0 Å². The number of aromatic hydroxyl groups is 1. The van der Waals surface area contributed by atoms with Crippen molar-refractivity contribution in [3.05, 3.63) is 23.3 Å². The summed E-state index contributed by atoms with van der Waals surface area (Å²) < 4.78 is 31.1. The van der Waals surface area contributed by atoms with Gasteiger partial charge in [-0.05, 0) is 23.0 Å². The number of hydrogen-bond acceptors (Lipinski definition) is 6. The minimum absolute atomic E-state index is 0.184. The Labute approximate surface area is 153 Å². The minimum Gasteiger partial charge on any atom is -0.507 e. The molecule has 0 bridgehead atoms. The maximum atomic E-state index is 10.9. The van der Waals surface area contributed by atoms with E-state index < -0.39 is 22.1 Å². The fourth-order valence-electron chi connectivity index (χ4n) is 2.14. The van der Waals surface area contributed by atoms with Crippen molar-refractivity contribution in [2.45, 2.75) is 62.9 Å². The van der Waals surface area contributed by atoms with Crippen LogP contribution in [0, 0.1) is 0 Å². The van der Waals surface area contributed by atoms with Crippen LogP contribution in [0.4, 0.5) is 0 Å². The Morgan fingerprint density at radius 2 is 1.28 bits per heavy atom. The SMILES string of the molecule is CC(C)(C)c1cc(SC(O[P+](=O)O)O[P+](=O)O)cc(C(C)(C)C)c1O. The highest BCUT2D eigenvalue weighted by Crippen LogP contribution is 2.44. The second-order valence-corrected chi connectivity index (χ2v) is 9.92. The molecule has 0 aliphatic heterocycles. The maximum absolute atomic E-state index is 10.9. The Morgan fingerprint density at radius 3 is 1.56 bits per heavy atom. The normalized spacial score (nSPS) is 15.0. The second kappa shape index (κ2) is 8.40. The van der Waals surface area contributed by atoms with Crippen molar-refractivity contribution in [3.63, 3.8) is 0 Å². The van der Waals surface area contributed by atoms with Crippen LogP contribution in [0.5, 0.6) is 5.75 Å². The number of benzene rings is 1. The molecule has 0 aromatic heterocycles. The van der Waals surface area contributed by atoms with E-state index >= 15 is 0 Å².